The van der Waals surface area contributed by atoms with Crippen molar-refractivity contribution in [2.75, 3.05) is 21.3 Å². The summed E-state index contributed by atoms with van der Waals surface area (Å²) in [6.45, 7) is 2.01. The van der Waals surface area contributed by atoms with E-state index in [-0.39, 0.29) is 17.6 Å². The molecule has 0 N–H and O–H groups in total. The van der Waals surface area contributed by atoms with E-state index in [2.05, 4.69) is 6.08 Å². The lowest BCUT2D eigenvalue weighted by atomic mass is 9.67. The molecule has 110 valence electrons. The Labute approximate surface area is 118 Å². The lowest BCUT2D eigenvalue weighted by molar-refractivity contribution is -0.236. The van der Waals surface area contributed by atoms with Crippen LogP contribution in [0, 0.1) is 11.8 Å². The summed E-state index contributed by atoms with van der Waals surface area (Å²) in [7, 11) is 4.24. The molecule has 0 spiro atoms. The first-order valence-corrected chi connectivity index (χ1v) is 6.60. The number of ether oxygens (including phenoxy) is 3. The van der Waals surface area contributed by atoms with Crippen molar-refractivity contribution in [3.8, 4) is 0 Å². The highest BCUT2D eigenvalue weighted by molar-refractivity contribution is 6.05. The van der Waals surface area contributed by atoms with Crippen LogP contribution in [0.3, 0.4) is 0 Å². The van der Waals surface area contributed by atoms with Crippen LogP contribution in [-0.2, 0) is 23.8 Å². The van der Waals surface area contributed by atoms with Crippen LogP contribution in [0.1, 0.15) is 19.8 Å². The number of fused-ring (bicyclic) bond motifs is 1. The minimum atomic E-state index is -1.31. The summed E-state index contributed by atoms with van der Waals surface area (Å²) in [5.74, 6) is -2.43. The van der Waals surface area contributed by atoms with Gasteiger partial charge < -0.3 is 14.2 Å². The number of hydrogen-bond acceptors (Lipinski definition) is 5. The smallest absolute Gasteiger partial charge is 0.334 e. The lowest BCUT2D eigenvalue weighted by Crippen LogP contribution is -2.55. The summed E-state index contributed by atoms with van der Waals surface area (Å²) in [6, 6.07) is 0. The van der Waals surface area contributed by atoms with Gasteiger partial charge in [0.2, 0.25) is 11.6 Å². The molecule has 0 aromatic carbocycles. The Balaban J connectivity index is 2.52. The van der Waals surface area contributed by atoms with Crippen LogP contribution >= 0.6 is 0 Å². The fourth-order valence-electron chi connectivity index (χ4n) is 3.25. The molecule has 0 heterocycles. The third-order valence-electron chi connectivity index (χ3n) is 4.29. The van der Waals surface area contributed by atoms with Crippen molar-refractivity contribution in [3.05, 3.63) is 23.3 Å². The number of allylic oxidation sites excluding steroid dienone is 2. The number of methoxy groups -OCH3 is 3. The number of carbonyl (C=O) groups is 2. The quantitative estimate of drug-likeness (QED) is 0.447. The van der Waals surface area contributed by atoms with Gasteiger partial charge >= 0.3 is 5.97 Å². The van der Waals surface area contributed by atoms with E-state index in [9.17, 15) is 9.59 Å². The fraction of sp³-hybridized carbons (Fsp3) is 0.600. The van der Waals surface area contributed by atoms with Gasteiger partial charge in [0, 0.05) is 31.6 Å². The van der Waals surface area contributed by atoms with Gasteiger partial charge in [0.1, 0.15) is 0 Å². The number of esters is 1. The highest BCUT2D eigenvalue weighted by atomic mass is 16.7. The zero-order valence-electron chi connectivity index (χ0n) is 12.3. The predicted octanol–water partition coefficient (Wildman–Crippen LogP) is 1.63. The molecule has 0 aromatic heterocycles. The zero-order valence-corrected chi connectivity index (χ0v) is 12.3. The van der Waals surface area contributed by atoms with Crippen molar-refractivity contribution < 1.29 is 23.8 Å². The first-order chi connectivity index (χ1) is 9.50. The van der Waals surface area contributed by atoms with E-state index in [1.807, 2.05) is 6.92 Å². The predicted molar refractivity (Wildman–Crippen MR) is 71.8 cm³/mol. The second-order valence-corrected chi connectivity index (χ2v) is 5.23. The molecule has 0 unspecified atom stereocenters. The molecule has 20 heavy (non-hydrogen) atoms. The van der Waals surface area contributed by atoms with Gasteiger partial charge in [-0.05, 0) is 25.8 Å². The van der Waals surface area contributed by atoms with Crippen LogP contribution in [0.5, 0.6) is 0 Å². The molecule has 2 aliphatic carbocycles. The molecular formula is C15H20O5. The van der Waals surface area contributed by atoms with Crippen molar-refractivity contribution in [2.45, 2.75) is 25.6 Å². The minimum absolute atomic E-state index is 0.122. The van der Waals surface area contributed by atoms with E-state index in [1.165, 1.54) is 33.0 Å². The number of ketones is 1. The molecule has 0 saturated carbocycles. The van der Waals surface area contributed by atoms with E-state index < -0.39 is 11.8 Å². The van der Waals surface area contributed by atoms with Crippen molar-refractivity contribution >= 4 is 11.8 Å². The summed E-state index contributed by atoms with van der Waals surface area (Å²) >= 11 is 0. The SMILES string of the molecule is COC(=O)C1=CC(=O)C(OC)(OC)[C@@H]2CC(C)=CC[C@H]12. The summed E-state index contributed by atoms with van der Waals surface area (Å²) in [4.78, 5) is 24.3. The Morgan fingerprint density at radius 1 is 1.30 bits per heavy atom. The van der Waals surface area contributed by atoms with Gasteiger partial charge in [-0.3, -0.25) is 4.79 Å². The van der Waals surface area contributed by atoms with Crippen LogP contribution < -0.4 is 0 Å². The van der Waals surface area contributed by atoms with Gasteiger partial charge in [-0.2, -0.15) is 0 Å². The monoisotopic (exact) mass is 280 g/mol. The van der Waals surface area contributed by atoms with Gasteiger partial charge in [0.25, 0.3) is 0 Å². The molecule has 0 fully saturated rings. The molecule has 0 aromatic rings. The molecule has 2 atom stereocenters. The fourth-order valence-corrected chi connectivity index (χ4v) is 3.25. The van der Waals surface area contributed by atoms with Gasteiger partial charge in [-0.1, -0.05) is 11.6 Å². The van der Waals surface area contributed by atoms with Gasteiger partial charge in [-0.15, -0.1) is 0 Å². The lowest BCUT2D eigenvalue weighted by Gasteiger charge is -2.45. The Kier molecular flexibility index (Phi) is 4.11. The second kappa shape index (κ2) is 5.50. The third kappa shape index (κ3) is 2.11. The third-order valence-corrected chi connectivity index (χ3v) is 4.29. The first-order valence-electron chi connectivity index (χ1n) is 6.60. The first kappa shape index (κ1) is 14.9. The maximum Gasteiger partial charge on any atom is 0.334 e. The van der Waals surface area contributed by atoms with E-state index in [0.29, 0.717) is 18.4 Å². The van der Waals surface area contributed by atoms with Crippen LogP contribution in [0.15, 0.2) is 23.3 Å². The maximum absolute atomic E-state index is 12.4. The topological polar surface area (TPSA) is 61.8 Å². The van der Waals surface area contributed by atoms with Crippen molar-refractivity contribution in [2.24, 2.45) is 11.8 Å². The molecule has 5 heteroatoms. The van der Waals surface area contributed by atoms with Crippen molar-refractivity contribution in [3.63, 3.8) is 0 Å². The summed E-state index contributed by atoms with van der Waals surface area (Å²) in [6.07, 6.45) is 4.74. The van der Waals surface area contributed by atoms with E-state index in [4.69, 9.17) is 14.2 Å². The van der Waals surface area contributed by atoms with E-state index in [0.717, 1.165) is 0 Å². The van der Waals surface area contributed by atoms with Crippen LogP contribution in [0.2, 0.25) is 0 Å². The van der Waals surface area contributed by atoms with E-state index >= 15 is 0 Å². The average molecular weight is 280 g/mol. The Hall–Kier alpha value is -1.46. The maximum atomic E-state index is 12.4. The van der Waals surface area contributed by atoms with Gasteiger partial charge in [0.15, 0.2) is 0 Å². The number of hydrogen-bond donors (Lipinski definition) is 0. The molecular weight excluding hydrogens is 260 g/mol. The molecule has 0 amide bonds. The Bertz CT molecular complexity index is 484. The van der Waals surface area contributed by atoms with Crippen LogP contribution in [-0.4, -0.2) is 38.9 Å². The normalized spacial score (nSPS) is 28.3. The van der Waals surface area contributed by atoms with Crippen LogP contribution in [0.25, 0.3) is 0 Å². The molecule has 0 bridgehead atoms. The minimum Gasteiger partial charge on any atom is -0.466 e. The molecule has 0 saturated heterocycles. The highest BCUT2D eigenvalue weighted by Crippen LogP contribution is 2.46. The van der Waals surface area contributed by atoms with Gasteiger partial charge in [-0.25, -0.2) is 4.79 Å². The Morgan fingerprint density at radius 2 is 1.95 bits per heavy atom. The second-order valence-electron chi connectivity index (χ2n) is 5.23. The molecule has 0 radical (unpaired) electrons. The zero-order chi connectivity index (χ0) is 14.9. The van der Waals surface area contributed by atoms with Crippen molar-refractivity contribution in [1.82, 2.24) is 0 Å². The summed E-state index contributed by atoms with van der Waals surface area (Å²) < 4.78 is 15.6. The molecule has 5 nitrogen and oxygen atoms in total. The molecule has 2 rings (SSSR count). The number of rotatable bonds is 3. The highest BCUT2D eigenvalue weighted by Gasteiger charge is 2.54. The van der Waals surface area contributed by atoms with Crippen molar-refractivity contribution in [1.29, 1.82) is 0 Å². The molecule has 0 aliphatic heterocycles. The summed E-state index contributed by atoms with van der Waals surface area (Å²) in [5.41, 5.74) is 1.58. The average Bonchev–Trinajstić information content (AvgIpc) is 2.46. The van der Waals surface area contributed by atoms with Gasteiger partial charge in [0.05, 0.1) is 7.11 Å². The summed E-state index contributed by atoms with van der Waals surface area (Å²) in [5, 5.41) is 0. The number of carbonyl (C=O) groups excluding carboxylic acids is 2. The molecule has 2 aliphatic rings. The Morgan fingerprint density at radius 3 is 2.50 bits per heavy atom. The van der Waals surface area contributed by atoms with E-state index in [1.54, 1.807) is 0 Å². The largest absolute Gasteiger partial charge is 0.466 e. The standard InChI is InChI=1S/C15H20O5/c1-9-5-6-10-11(14(17)18-2)8-13(16)15(19-3,20-4)12(10)7-9/h5,8,10,12H,6-7H2,1-4H3/t10-,12-/m1/s1. The van der Waals surface area contributed by atoms with Crippen LogP contribution in [0.4, 0.5) is 0 Å².